The zero-order valence-electron chi connectivity index (χ0n) is 9.86. The number of carbonyl (C=O) groups is 1. The highest BCUT2D eigenvalue weighted by Gasteiger charge is 2.33. The number of amides is 1. The Labute approximate surface area is 97.1 Å². The van der Waals surface area contributed by atoms with E-state index in [-0.39, 0.29) is 12.0 Å². The van der Waals surface area contributed by atoms with Crippen molar-refractivity contribution in [2.24, 2.45) is 5.73 Å². The Balaban J connectivity index is 1.95. The van der Waals surface area contributed by atoms with Gasteiger partial charge in [0.1, 0.15) is 6.10 Å². The topological polar surface area (TPSA) is 55.6 Å². The second kappa shape index (κ2) is 5.64. The molecule has 92 valence electrons. The van der Waals surface area contributed by atoms with E-state index in [1.807, 2.05) is 4.90 Å². The summed E-state index contributed by atoms with van der Waals surface area (Å²) in [6.45, 7) is 2.30. The van der Waals surface area contributed by atoms with Crippen LogP contribution in [0, 0.1) is 0 Å². The normalized spacial score (nSPS) is 30.7. The summed E-state index contributed by atoms with van der Waals surface area (Å²) >= 11 is 0. The van der Waals surface area contributed by atoms with E-state index in [0.717, 1.165) is 45.3 Å². The van der Waals surface area contributed by atoms with Crippen molar-refractivity contribution in [3.8, 4) is 0 Å². The maximum atomic E-state index is 12.2. The van der Waals surface area contributed by atoms with Crippen LogP contribution in [-0.4, -0.2) is 42.6 Å². The summed E-state index contributed by atoms with van der Waals surface area (Å²) in [6.07, 6.45) is 6.13. The summed E-state index contributed by atoms with van der Waals surface area (Å²) in [4.78, 5) is 14.3. The molecule has 0 spiro atoms. The maximum absolute atomic E-state index is 12.2. The molecule has 0 aromatic heterocycles. The number of ether oxygens (including phenoxy) is 1. The summed E-state index contributed by atoms with van der Waals surface area (Å²) in [5.41, 5.74) is 5.61. The number of hydrogen-bond acceptors (Lipinski definition) is 3. The Morgan fingerprint density at radius 2 is 2.19 bits per heavy atom. The minimum atomic E-state index is -0.168. The molecule has 0 aromatic carbocycles. The molecule has 1 amide bonds. The highest BCUT2D eigenvalue weighted by Crippen LogP contribution is 2.23. The predicted molar refractivity (Wildman–Crippen MR) is 62.0 cm³/mol. The third kappa shape index (κ3) is 2.55. The van der Waals surface area contributed by atoms with Gasteiger partial charge in [-0.1, -0.05) is 0 Å². The van der Waals surface area contributed by atoms with Crippen molar-refractivity contribution in [2.75, 3.05) is 19.7 Å². The molecule has 2 rings (SSSR count). The van der Waals surface area contributed by atoms with Gasteiger partial charge in [0.2, 0.25) is 0 Å². The third-order valence-corrected chi connectivity index (χ3v) is 3.62. The molecule has 2 atom stereocenters. The van der Waals surface area contributed by atoms with Crippen molar-refractivity contribution >= 4 is 5.91 Å². The minimum absolute atomic E-state index is 0.168. The van der Waals surface area contributed by atoms with E-state index in [1.54, 1.807) is 0 Å². The first-order chi connectivity index (χ1) is 7.83. The third-order valence-electron chi connectivity index (χ3n) is 3.62. The Hall–Kier alpha value is -0.610. The van der Waals surface area contributed by atoms with Crippen molar-refractivity contribution in [2.45, 2.75) is 50.7 Å². The number of nitrogens with two attached hydrogens (primary N) is 1. The molecule has 2 aliphatic rings. The van der Waals surface area contributed by atoms with Gasteiger partial charge in [-0.05, 0) is 45.1 Å². The lowest BCUT2D eigenvalue weighted by atomic mass is 9.98. The quantitative estimate of drug-likeness (QED) is 0.777. The van der Waals surface area contributed by atoms with Gasteiger partial charge < -0.3 is 15.4 Å². The fourth-order valence-corrected chi connectivity index (χ4v) is 2.74. The Bertz CT molecular complexity index is 237. The predicted octanol–water partition coefficient (Wildman–Crippen LogP) is 0.895. The van der Waals surface area contributed by atoms with Crippen LogP contribution >= 0.6 is 0 Å². The van der Waals surface area contributed by atoms with Crippen LogP contribution in [0.3, 0.4) is 0 Å². The van der Waals surface area contributed by atoms with E-state index < -0.39 is 0 Å². The lowest BCUT2D eigenvalue weighted by Gasteiger charge is -2.37. The Morgan fingerprint density at radius 1 is 1.31 bits per heavy atom. The highest BCUT2D eigenvalue weighted by molar-refractivity contribution is 5.81. The number of carbonyl (C=O) groups excluding carboxylic acids is 1. The standard InChI is InChI=1S/C12H22N2O2/c13-7-6-10-4-1-2-8-14(10)12(15)11-5-3-9-16-11/h10-11H,1-9,13H2/t10?,11-/m1/s1. The second-order valence-corrected chi connectivity index (χ2v) is 4.76. The SMILES string of the molecule is NCCC1CCCCN1C(=O)[C@H]1CCCO1. The van der Waals surface area contributed by atoms with Gasteiger partial charge in [0.05, 0.1) is 0 Å². The molecule has 0 aromatic rings. The van der Waals surface area contributed by atoms with E-state index in [4.69, 9.17) is 10.5 Å². The average molecular weight is 226 g/mol. The highest BCUT2D eigenvalue weighted by atomic mass is 16.5. The number of rotatable bonds is 3. The minimum Gasteiger partial charge on any atom is -0.368 e. The molecule has 4 nitrogen and oxygen atoms in total. The zero-order valence-corrected chi connectivity index (χ0v) is 9.86. The molecule has 1 unspecified atom stereocenters. The lowest BCUT2D eigenvalue weighted by molar-refractivity contribution is -0.144. The Kier molecular flexibility index (Phi) is 4.18. The van der Waals surface area contributed by atoms with Crippen LogP contribution in [0.15, 0.2) is 0 Å². The van der Waals surface area contributed by atoms with Gasteiger partial charge in [0.25, 0.3) is 5.91 Å². The van der Waals surface area contributed by atoms with Crippen LogP contribution in [0.1, 0.15) is 38.5 Å². The van der Waals surface area contributed by atoms with Crippen LogP contribution in [0.25, 0.3) is 0 Å². The fourth-order valence-electron chi connectivity index (χ4n) is 2.74. The van der Waals surface area contributed by atoms with E-state index in [0.29, 0.717) is 12.6 Å². The van der Waals surface area contributed by atoms with Gasteiger partial charge in [-0.2, -0.15) is 0 Å². The van der Waals surface area contributed by atoms with Crippen LogP contribution in [0.2, 0.25) is 0 Å². The van der Waals surface area contributed by atoms with Gasteiger partial charge in [-0.25, -0.2) is 0 Å². The first-order valence-electron chi connectivity index (χ1n) is 6.45. The van der Waals surface area contributed by atoms with Crippen molar-refractivity contribution in [1.29, 1.82) is 0 Å². The van der Waals surface area contributed by atoms with Crippen LogP contribution in [0.5, 0.6) is 0 Å². The molecule has 0 bridgehead atoms. The van der Waals surface area contributed by atoms with Crippen LogP contribution in [0.4, 0.5) is 0 Å². The molecular weight excluding hydrogens is 204 g/mol. The molecule has 16 heavy (non-hydrogen) atoms. The van der Waals surface area contributed by atoms with Crippen molar-refractivity contribution in [1.82, 2.24) is 4.90 Å². The van der Waals surface area contributed by atoms with E-state index in [2.05, 4.69) is 0 Å². The van der Waals surface area contributed by atoms with Gasteiger partial charge >= 0.3 is 0 Å². The summed E-state index contributed by atoms with van der Waals surface area (Å²) in [7, 11) is 0. The molecule has 0 aliphatic carbocycles. The smallest absolute Gasteiger partial charge is 0.251 e. The largest absolute Gasteiger partial charge is 0.368 e. The van der Waals surface area contributed by atoms with Gasteiger partial charge in [-0.3, -0.25) is 4.79 Å². The number of hydrogen-bond donors (Lipinski definition) is 1. The maximum Gasteiger partial charge on any atom is 0.251 e. The van der Waals surface area contributed by atoms with Gasteiger partial charge in [0.15, 0.2) is 0 Å². The first-order valence-corrected chi connectivity index (χ1v) is 6.45. The van der Waals surface area contributed by atoms with Crippen molar-refractivity contribution < 1.29 is 9.53 Å². The van der Waals surface area contributed by atoms with Gasteiger partial charge in [0, 0.05) is 19.2 Å². The monoisotopic (exact) mass is 226 g/mol. The van der Waals surface area contributed by atoms with E-state index in [1.165, 1.54) is 6.42 Å². The number of piperidine rings is 1. The zero-order chi connectivity index (χ0) is 11.4. The molecule has 2 aliphatic heterocycles. The molecule has 2 fully saturated rings. The summed E-state index contributed by atoms with van der Waals surface area (Å²) in [5, 5.41) is 0. The second-order valence-electron chi connectivity index (χ2n) is 4.76. The summed E-state index contributed by atoms with van der Waals surface area (Å²) in [5.74, 6) is 0.204. The summed E-state index contributed by atoms with van der Waals surface area (Å²) < 4.78 is 5.47. The fraction of sp³-hybridized carbons (Fsp3) is 0.917. The van der Waals surface area contributed by atoms with Crippen LogP contribution in [-0.2, 0) is 9.53 Å². The van der Waals surface area contributed by atoms with E-state index >= 15 is 0 Å². The van der Waals surface area contributed by atoms with E-state index in [9.17, 15) is 4.79 Å². The number of nitrogens with zero attached hydrogens (tertiary/aromatic N) is 1. The first kappa shape index (κ1) is 11.9. The molecule has 2 N–H and O–H groups in total. The molecular formula is C12H22N2O2. The van der Waals surface area contributed by atoms with Crippen molar-refractivity contribution in [3.05, 3.63) is 0 Å². The molecule has 0 radical (unpaired) electrons. The molecule has 4 heteroatoms. The van der Waals surface area contributed by atoms with Crippen molar-refractivity contribution in [3.63, 3.8) is 0 Å². The average Bonchev–Trinajstić information content (AvgIpc) is 2.83. The molecule has 0 saturated carbocycles. The van der Waals surface area contributed by atoms with Crippen LogP contribution < -0.4 is 5.73 Å². The summed E-state index contributed by atoms with van der Waals surface area (Å²) in [6, 6.07) is 0.357. The lowest BCUT2D eigenvalue weighted by Crippen LogP contribution is -2.48. The van der Waals surface area contributed by atoms with Gasteiger partial charge in [-0.15, -0.1) is 0 Å². The molecule has 2 saturated heterocycles. The molecule has 2 heterocycles. The Morgan fingerprint density at radius 3 is 2.88 bits per heavy atom. The number of likely N-dealkylation sites (tertiary alicyclic amines) is 1.